The summed E-state index contributed by atoms with van der Waals surface area (Å²) in [6.07, 6.45) is 3.08. The van der Waals surface area contributed by atoms with Crippen molar-refractivity contribution < 1.29 is 19.4 Å². The van der Waals surface area contributed by atoms with Crippen molar-refractivity contribution in [3.8, 4) is 11.1 Å². The number of aliphatic imine (C=N–C) groups is 2. The first-order chi connectivity index (χ1) is 18.4. The number of hydrogen-bond donors (Lipinski definition) is 3. The van der Waals surface area contributed by atoms with Crippen molar-refractivity contribution in [1.82, 2.24) is 0 Å². The highest BCUT2D eigenvalue weighted by molar-refractivity contribution is 6.07. The molecule has 3 aromatic carbocycles. The Morgan fingerprint density at radius 1 is 1.00 bits per heavy atom. The zero-order chi connectivity index (χ0) is 27.3. The van der Waals surface area contributed by atoms with E-state index in [9.17, 15) is 9.59 Å². The van der Waals surface area contributed by atoms with Gasteiger partial charge >= 0.3 is 12.1 Å². The summed E-state index contributed by atoms with van der Waals surface area (Å²) in [6, 6.07) is 24.5. The Bertz CT molecular complexity index is 1330. The van der Waals surface area contributed by atoms with Gasteiger partial charge in [-0.3, -0.25) is 0 Å². The number of nitrogens with one attached hydrogen (secondary N) is 1. The van der Waals surface area contributed by atoms with E-state index >= 15 is 0 Å². The lowest BCUT2D eigenvalue weighted by molar-refractivity contribution is -0.136. The standard InChI is InChI=1S/C30H32N4O4/c1-3-4-14-27(33-20-32-23-10-6-5-7-11-23)26(29(35)38-2)19-21-15-17-22(18-16-21)24-12-8-9-13-25(24)28(31)34-30(36)37/h5-13,15-18,20H,3-4,14,19H2,1-2H3,(H2,31,34)(H,32,33)(H,36,37)/b27-26-. The van der Waals surface area contributed by atoms with Gasteiger partial charge in [-0.1, -0.05) is 80.1 Å². The van der Waals surface area contributed by atoms with Crippen LogP contribution in [0.4, 0.5) is 10.5 Å². The fourth-order valence-corrected chi connectivity index (χ4v) is 3.90. The molecule has 8 heteroatoms. The Balaban J connectivity index is 1.91. The largest absolute Gasteiger partial charge is 0.466 e. The zero-order valence-electron chi connectivity index (χ0n) is 21.6. The minimum absolute atomic E-state index is 0.0735. The topological polar surface area (TPSA) is 126 Å². The lowest BCUT2D eigenvalue weighted by atomic mass is 9.95. The number of nitrogens with zero attached hydrogens (tertiary/aromatic N) is 2. The third kappa shape index (κ3) is 7.89. The van der Waals surface area contributed by atoms with Crippen LogP contribution in [0.25, 0.3) is 11.1 Å². The number of amidine groups is 1. The van der Waals surface area contributed by atoms with E-state index in [-0.39, 0.29) is 5.84 Å². The van der Waals surface area contributed by atoms with Crippen molar-refractivity contribution in [1.29, 1.82) is 0 Å². The number of carbonyl (C=O) groups is 2. The summed E-state index contributed by atoms with van der Waals surface area (Å²) in [5, 5.41) is 12.1. The number of anilines is 1. The summed E-state index contributed by atoms with van der Waals surface area (Å²) in [4.78, 5) is 31.8. The third-order valence-corrected chi connectivity index (χ3v) is 5.84. The third-order valence-electron chi connectivity index (χ3n) is 5.84. The van der Waals surface area contributed by atoms with Crippen LogP contribution in [0, 0.1) is 0 Å². The van der Waals surface area contributed by atoms with E-state index in [0.717, 1.165) is 35.2 Å². The van der Waals surface area contributed by atoms with Gasteiger partial charge in [-0.15, -0.1) is 0 Å². The van der Waals surface area contributed by atoms with E-state index in [1.807, 2.05) is 66.7 Å². The molecule has 4 N–H and O–H groups in total. The van der Waals surface area contributed by atoms with E-state index in [2.05, 4.69) is 22.2 Å². The number of ether oxygens (including phenoxy) is 1. The number of hydrogen-bond acceptors (Lipinski definition) is 4. The lowest BCUT2D eigenvalue weighted by Gasteiger charge is -2.13. The van der Waals surface area contributed by atoms with E-state index < -0.39 is 12.1 Å². The molecular formula is C30H32N4O4. The fraction of sp³-hybridized carbons (Fsp3) is 0.200. The Hall–Kier alpha value is -4.72. The van der Waals surface area contributed by atoms with Crippen LogP contribution in [-0.4, -0.2) is 36.5 Å². The van der Waals surface area contributed by atoms with Gasteiger partial charge in [0.05, 0.1) is 24.7 Å². The normalized spacial score (nSPS) is 12.2. The van der Waals surface area contributed by atoms with E-state index in [1.165, 1.54) is 7.11 Å². The molecule has 0 saturated heterocycles. The van der Waals surface area contributed by atoms with E-state index in [4.69, 9.17) is 15.6 Å². The van der Waals surface area contributed by atoms with Crippen molar-refractivity contribution in [2.75, 3.05) is 12.4 Å². The highest BCUT2D eigenvalue weighted by Gasteiger charge is 2.17. The Labute approximate surface area is 222 Å². The SMILES string of the molecule is CCCC/C(N=CNc1ccccc1)=C(\Cc1ccc(-c2ccccc2/C(N)=N/C(=O)O)cc1)C(=O)OC. The Morgan fingerprint density at radius 2 is 1.68 bits per heavy atom. The number of rotatable bonds is 11. The van der Waals surface area contributed by atoms with Crippen molar-refractivity contribution >= 4 is 29.9 Å². The average molecular weight is 513 g/mol. The van der Waals surface area contributed by atoms with Crippen LogP contribution in [0.1, 0.15) is 37.3 Å². The maximum absolute atomic E-state index is 12.8. The number of nitrogens with two attached hydrogens (primary N) is 1. The molecule has 3 rings (SSSR count). The highest BCUT2D eigenvalue weighted by Crippen LogP contribution is 2.26. The monoisotopic (exact) mass is 512 g/mol. The molecule has 0 fully saturated rings. The number of para-hydroxylation sites is 1. The van der Waals surface area contributed by atoms with Crippen LogP contribution in [-0.2, 0) is 16.0 Å². The van der Waals surface area contributed by atoms with Crippen LogP contribution in [0.5, 0.6) is 0 Å². The molecule has 0 aliphatic rings. The molecule has 8 nitrogen and oxygen atoms in total. The summed E-state index contributed by atoms with van der Waals surface area (Å²) >= 11 is 0. The van der Waals surface area contributed by atoms with Gasteiger partial charge in [0.15, 0.2) is 0 Å². The molecule has 38 heavy (non-hydrogen) atoms. The van der Waals surface area contributed by atoms with Crippen LogP contribution >= 0.6 is 0 Å². The number of esters is 1. The number of unbranched alkanes of at least 4 members (excludes halogenated alkanes) is 1. The smallest absolute Gasteiger partial charge is 0.433 e. The summed E-state index contributed by atoms with van der Waals surface area (Å²) in [5.74, 6) is -0.490. The molecular weight excluding hydrogens is 480 g/mol. The Morgan fingerprint density at radius 3 is 2.34 bits per heavy atom. The van der Waals surface area contributed by atoms with Crippen molar-refractivity contribution in [2.24, 2.45) is 15.7 Å². The maximum Gasteiger partial charge on any atom is 0.433 e. The molecule has 0 saturated carbocycles. The summed E-state index contributed by atoms with van der Waals surface area (Å²) in [6.45, 7) is 2.09. The van der Waals surface area contributed by atoms with Crippen LogP contribution in [0.2, 0.25) is 0 Å². The van der Waals surface area contributed by atoms with Gasteiger partial charge in [-0.05, 0) is 41.7 Å². The fourth-order valence-electron chi connectivity index (χ4n) is 3.90. The van der Waals surface area contributed by atoms with Gasteiger partial charge in [0.2, 0.25) is 0 Å². The number of benzene rings is 3. The van der Waals surface area contributed by atoms with Crippen molar-refractivity contribution in [3.63, 3.8) is 0 Å². The number of carboxylic acid groups (broad SMARTS) is 1. The Kier molecular flexibility index (Phi) is 10.4. The van der Waals surface area contributed by atoms with Crippen LogP contribution in [0.15, 0.2) is 100 Å². The van der Waals surface area contributed by atoms with Crippen LogP contribution < -0.4 is 11.1 Å². The summed E-state index contributed by atoms with van der Waals surface area (Å²) in [7, 11) is 1.37. The minimum Gasteiger partial charge on any atom is -0.466 e. The summed E-state index contributed by atoms with van der Waals surface area (Å²) < 4.78 is 5.11. The van der Waals surface area contributed by atoms with Crippen molar-refractivity contribution in [2.45, 2.75) is 32.6 Å². The molecule has 1 amide bonds. The molecule has 0 atom stereocenters. The van der Waals surface area contributed by atoms with Gasteiger partial charge in [0.25, 0.3) is 0 Å². The number of amides is 1. The highest BCUT2D eigenvalue weighted by atomic mass is 16.5. The van der Waals surface area contributed by atoms with Gasteiger partial charge in [-0.25, -0.2) is 14.6 Å². The van der Waals surface area contributed by atoms with E-state index in [0.29, 0.717) is 29.7 Å². The molecule has 0 spiro atoms. The molecule has 0 radical (unpaired) electrons. The number of carbonyl (C=O) groups excluding carboxylic acids is 1. The average Bonchev–Trinajstić information content (AvgIpc) is 2.94. The molecule has 0 unspecified atom stereocenters. The predicted octanol–water partition coefficient (Wildman–Crippen LogP) is 6.04. The first-order valence-electron chi connectivity index (χ1n) is 12.3. The molecule has 0 aromatic heterocycles. The number of methoxy groups -OCH3 is 1. The second-order valence-corrected chi connectivity index (χ2v) is 8.49. The second-order valence-electron chi connectivity index (χ2n) is 8.49. The molecule has 3 aromatic rings. The van der Waals surface area contributed by atoms with Gasteiger partial charge in [-0.2, -0.15) is 4.99 Å². The molecule has 0 bridgehead atoms. The maximum atomic E-state index is 12.8. The first kappa shape index (κ1) is 27.9. The molecule has 196 valence electrons. The molecule has 0 aliphatic heterocycles. The van der Waals surface area contributed by atoms with Crippen molar-refractivity contribution in [3.05, 3.63) is 101 Å². The first-order valence-corrected chi connectivity index (χ1v) is 12.3. The minimum atomic E-state index is -1.35. The second kappa shape index (κ2) is 14.1. The zero-order valence-corrected chi connectivity index (χ0v) is 21.6. The molecule has 0 heterocycles. The predicted molar refractivity (Wildman–Crippen MR) is 151 cm³/mol. The van der Waals surface area contributed by atoms with Gasteiger partial charge in [0, 0.05) is 17.7 Å². The van der Waals surface area contributed by atoms with Crippen LogP contribution in [0.3, 0.4) is 0 Å². The van der Waals surface area contributed by atoms with Gasteiger partial charge < -0.3 is 20.9 Å². The molecule has 0 aliphatic carbocycles. The quantitative estimate of drug-likeness (QED) is 0.124. The summed E-state index contributed by atoms with van der Waals surface area (Å²) in [5.41, 5.74) is 11.0. The van der Waals surface area contributed by atoms with Gasteiger partial charge in [0.1, 0.15) is 5.84 Å². The lowest BCUT2D eigenvalue weighted by Crippen LogP contribution is -2.16. The number of allylic oxidation sites excluding steroid dienone is 1. The van der Waals surface area contributed by atoms with E-state index in [1.54, 1.807) is 18.5 Å².